The second kappa shape index (κ2) is 7.62. The Balaban J connectivity index is 2.34. The molecule has 0 saturated carbocycles. The zero-order chi connectivity index (χ0) is 24.2. The zero-order valence-electron chi connectivity index (χ0n) is 19.2. The molecule has 0 aromatic heterocycles. The molecule has 174 valence electrons. The fourth-order valence-electron chi connectivity index (χ4n) is 4.01. The number of aliphatic carboxylic acids is 2. The summed E-state index contributed by atoms with van der Waals surface area (Å²) in [6, 6.07) is 0. The van der Waals surface area contributed by atoms with E-state index in [4.69, 9.17) is 14.2 Å². The molecular formula is C22H32O9. The first-order chi connectivity index (χ1) is 13.9. The van der Waals surface area contributed by atoms with Crippen LogP contribution in [0.15, 0.2) is 12.2 Å². The number of ether oxygens (including phenoxy) is 3. The summed E-state index contributed by atoms with van der Waals surface area (Å²) in [5.41, 5.74) is -5.81. The molecule has 0 amide bonds. The van der Waals surface area contributed by atoms with Crippen molar-refractivity contribution in [2.24, 2.45) is 22.7 Å². The molecule has 1 saturated heterocycles. The largest absolute Gasteiger partial charge is 0.480 e. The lowest BCUT2D eigenvalue weighted by Crippen LogP contribution is -2.55. The quantitative estimate of drug-likeness (QED) is 0.331. The van der Waals surface area contributed by atoms with Crippen molar-refractivity contribution in [1.82, 2.24) is 0 Å². The first-order valence-electron chi connectivity index (χ1n) is 10.1. The van der Waals surface area contributed by atoms with Crippen LogP contribution >= 0.6 is 0 Å². The SMILES string of the molecule is CC(C)(C(=O)O)C(=O)OC(C)(C)C1C2C=CC(O2)C1C(C)(C)OC(=O)C(C)(C)C(=O)O. The Morgan fingerprint density at radius 2 is 0.968 bits per heavy atom. The molecule has 2 bridgehead atoms. The van der Waals surface area contributed by atoms with Crippen molar-refractivity contribution in [3.63, 3.8) is 0 Å². The zero-order valence-corrected chi connectivity index (χ0v) is 19.2. The van der Waals surface area contributed by atoms with Crippen molar-refractivity contribution in [1.29, 1.82) is 0 Å². The standard InChI is InChI=1S/C22H32O9/c1-19(2,15(23)24)17(27)30-21(5,6)13-11-9-10-12(29-11)14(13)22(7,8)31-18(28)20(3,4)16(25)26/h9-14H,1-8H3,(H,23,24)(H,25,26). The number of carbonyl (C=O) groups is 4. The number of fused-ring (bicyclic) bond motifs is 2. The highest BCUT2D eigenvalue weighted by Crippen LogP contribution is 2.51. The van der Waals surface area contributed by atoms with Gasteiger partial charge in [-0.1, -0.05) is 12.2 Å². The van der Waals surface area contributed by atoms with Crippen LogP contribution in [0.4, 0.5) is 0 Å². The van der Waals surface area contributed by atoms with E-state index in [1.807, 2.05) is 12.2 Å². The van der Waals surface area contributed by atoms with Crippen LogP contribution in [0.3, 0.4) is 0 Å². The van der Waals surface area contributed by atoms with E-state index in [-0.39, 0.29) is 0 Å². The monoisotopic (exact) mass is 440 g/mol. The Bertz CT molecular complexity index is 753. The molecule has 0 radical (unpaired) electrons. The van der Waals surface area contributed by atoms with E-state index < -0.39 is 70.0 Å². The first-order valence-corrected chi connectivity index (χ1v) is 10.1. The van der Waals surface area contributed by atoms with Crippen LogP contribution < -0.4 is 0 Å². The fourth-order valence-corrected chi connectivity index (χ4v) is 4.01. The first kappa shape index (κ1) is 24.8. The van der Waals surface area contributed by atoms with Crippen LogP contribution in [0.5, 0.6) is 0 Å². The molecule has 9 heteroatoms. The van der Waals surface area contributed by atoms with Gasteiger partial charge in [-0.25, -0.2) is 0 Å². The van der Waals surface area contributed by atoms with Gasteiger partial charge in [-0.3, -0.25) is 19.2 Å². The molecule has 31 heavy (non-hydrogen) atoms. The predicted molar refractivity (Wildman–Crippen MR) is 108 cm³/mol. The highest BCUT2D eigenvalue weighted by Gasteiger charge is 2.61. The molecule has 2 heterocycles. The van der Waals surface area contributed by atoms with Gasteiger partial charge in [0.15, 0.2) is 10.8 Å². The summed E-state index contributed by atoms with van der Waals surface area (Å²) in [5.74, 6) is -5.33. The van der Waals surface area contributed by atoms with Crippen molar-refractivity contribution in [3.05, 3.63) is 12.2 Å². The lowest BCUT2D eigenvalue weighted by atomic mass is 9.67. The molecule has 2 aliphatic heterocycles. The van der Waals surface area contributed by atoms with E-state index in [0.717, 1.165) is 0 Å². The van der Waals surface area contributed by atoms with Crippen molar-refractivity contribution in [3.8, 4) is 0 Å². The van der Waals surface area contributed by atoms with E-state index in [9.17, 15) is 29.4 Å². The normalized spacial score (nSPS) is 25.9. The summed E-state index contributed by atoms with van der Waals surface area (Å²) in [4.78, 5) is 48.1. The van der Waals surface area contributed by atoms with Gasteiger partial charge in [-0.2, -0.15) is 0 Å². The molecule has 2 N–H and O–H groups in total. The molecule has 1 fully saturated rings. The van der Waals surface area contributed by atoms with Crippen molar-refractivity contribution < 1.29 is 43.6 Å². The molecule has 2 rings (SSSR count). The number of carboxylic acid groups (broad SMARTS) is 2. The molecule has 9 nitrogen and oxygen atoms in total. The van der Waals surface area contributed by atoms with Crippen LogP contribution in [-0.2, 0) is 33.4 Å². The predicted octanol–water partition coefficient (Wildman–Crippen LogP) is 2.42. The minimum atomic E-state index is -1.74. The van der Waals surface area contributed by atoms with Crippen LogP contribution in [0.25, 0.3) is 0 Å². The smallest absolute Gasteiger partial charge is 0.323 e. The lowest BCUT2D eigenvalue weighted by molar-refractivity contribution is -0.193. The summed E-state index contributed by atoms with van der Waals surface area (Å²) in [5, 5.41) is 18.7. The Kier molecular flexibility index (Phi) is 6.10. The number of hydrogen-bond donors (Lipinski definition) is 2. The van der Waals surface area contributed by atoms with Gasteiger partial charge < -0.3 is 24.4 Å². The molecule has 0 spiro atoms. The highest BCUT2D eigenvalue weighted by molar-refractivity contribution is 5.98. The maximum atomic E-state index is 12.6. The Morgan fingerprint density at radius 3 is 1.23 bits per heavy atom. The number of rotatable bonds is 8. The van der Waals surface area contributed by atoms with Crippen LogP contribution in [-0.4, -0.2) is 57.5 Å². The Morgan fingerprint density at radius 1 is 0.677 bits per heavy atom. The van der Waals surface area contributed by atoms with Gasteiger partial charge in [0.2, 0.25) is 0 Å². The Hall–Kier alpha value is -2.42. The summed E-state index contributed by atoms with van der Waals surface area (Å²) < 4.78 is 17.3. The second-order valence-corrected chi connectivity index (χ2v) is 10.3. The maximum absolute atomic E-state index is 12.6. The van der Waals surface area contributed by atoms with Crippen molar-refractivity contribution in [2.75, 3.05) is 0 Å². The minimum Gasteiger partial charge on any atom is -0.480 e. The maximum Gasteiger partial charge on any atom is 0.323 e. The van der Waals surface area contributed by atoms with Crippen molar-refractivity contribution in [2.45, 2.75) is 78.8 Å². The molecule has 4 atom stereocenters. The number of esters is 2. The van der Waals surface area contributed by atoms with E-state index in [1.54, 1.807) is 27.7 Å². The summed E-state index contributed by atoms with van der Waals surface area (Å²) in [7, 11) is 0. The van der Waals surface area contributed by atoms with Gasteiger partial charge in [-0.15, -0.1) is 0 Å². The third-order valence-corrected chi connectivity index (χ3v) is 6.31. The van der Waals surface area contributed by atoms with E-state index in [2.05, 4.69) is 0 Å². The van der Waals surface area contributed by atoms with E-state index >= 15 is 0 Å². The summed E-state index contributed by atoms with van der Waals surface area (Å²) in [6.07, 6.45) is 2.80. The van der Waals surface area contributed by atoms with Gasteiger partial charge in [0.1, 0.15) is 11.2 Å². The van der Waals surface area contributed by atoms with Gasteiger partial charge in [0.25, 0.3) is 0 Å². The summed E-state index contributed by atoms with van der Waals surface area (Å²) >= 11 is 0. The lowest BCUT2D eigenvalue weighted by Gasteiger charge is -2.45. The fraction of sp³-hybridized carbons (Fsp3) is 0.727. The number of hydrogen-bond acceptors (Lipinski definition) is 7. The third kappa shape index (κ3) is 4.33. The van der Waals surface area contributed by atoms with Gasteiger partial charge in [0.05, 0.1) is 12.2 Å². The number of carboxylic acids is 2. The topological polar surface area (TPSA) is 136 Å². The van der Waals surface area contributed by atoms with Crippen molar-refractivity contribution >= 4 is 23.9 Å². The Labute approximate surface area is 181 Å². The third-order valence-electron chi connectivity index (χ3n) is 6.31. The highest BCUT2D eigenvalue weighted by atomic mass is 16.6. The molecule has 0 aromatic carbocycles. The molecular weight excluding hydrogens is 408 g/mol. The molecule has 4 unspecified atom stereocenters. The van der Waals surface area contributed by atoms with Gasteiger partial charge in [-0.05, 0) is 55.4 Å². The average molecular weight is 440 g/mol. The van der Waals surface area contributed by atoms with Gasteiger partial charge >= 0.3 is 23.9 Å². The number of carbonyl (C=O) groups excluding carboxylic acids is 2. The van der Waals surface area contributed by atoms with Crippen LogP contribution in [0.2, 0.25) is 0 Å². The van der Waals surface area contributed by atoms with Crippen LogP contribution in [0, 0.1) is 22.7 Å². The van der Waals surface area contributed by atoms with E-state index in [1.165, 1.54) is 27.7 Å². The van der Waals surface area contributed by atoms with E-state index in [0.29, 0.717) is 0 Å². The molecule has 0 aromatic rings. The summed E-state index contributed by atoms with van der Waals surface area (Å²) in [6.45, 7) is 11.7. The molecule has 0 aliphatic carbocycles. The van der Waals surface area contributed by atoms with Crippen LogP contribution in [0.1, 0.15) is 55.4 Å². The minimum absolute atomic E-state index is 0.434. The van der Waals surface area contributed by atoms with Gasteiger partial charge in [0, 0.05) is 11.8 Å². The molecule has 2 aliphatic rings. The average Bonchev–Trinajstić information content (AvgIpc) is 3.22. The second-order valence-electron chi connectivity index (χ2n) is 10.3.